The first kappa shape index (κ1) is 20.7. The van der Waals surface area contributed by atoms with Gasteiger partial charge in [-0.2, -0.15) is 0 Å². The van der Waals surface area contributed by atoms with Gasteiger partial charge in [0.2, 0.25) is 5.91 Å². The molecule has 7 heteroatoms. The van der Waals surface area contributed by atoms with Crippen molar-refractivity contribution in [2.75, 3.05) is 30.3 Å². The van der Waals surface area contributed by atoms with E-state index in [9.17, 15) is 13.2 Å². The number of anilines is 1. The van der Waals surface area contributed by atoms with Crippen molar-refractivity contribution in [2.24, 2.45) is 0 Å². The van der Waals surface area contributed by atoms with E-state index in [2.05, 4.69) is 36.9 Å². The summed E-state index contributed by atoms with van der Waals surface area (Å²) in [6.45, 7) is 6.08. The van der Waals surface area contributed by atoms with E-state index >= 15 is 0 Å². The fraction of sp³-hybridized carbons (Fsp3) is 0.381. The molecule has 1 saturated heterocycles. The second-order valence-electron chi connectivity index (χ2n) is 7.24. The molecular formula is C21H25ClN2O3S. The molecule has 0 aromatic heterocycles. The number of amides is 1. The Kier molecular flexibility index (Phi) is 6.30. The third kappa shape index (κ3) is 4.86. The van der Waals surface area contributed by atoms with Crippen molar-refractivity contribution in [3.05, 3.63) is 59.1 Å². The van der Waals surface area contributed by atoms with Gasteiger partial charge in [0.05, 0.1) is 10.6 Å². The Morgan fingerprint density at radius 3 is 2.50 bits per heavy atom. The minimum absolute atomic E-state index is 0.0118. The smallest absolute Gasteiger partial charge is 0.223 e. The molecule has 150 valence electrons. The molecular weight excluding hydrogens is 396 g/mol. The molecule has 0 bridgehead atoms. The molecule has 0 spiro atoms. The average molecular weight is 421 g/mol. The minimum Gasteiger partial charge on any atom is -0.365 e. The van der Waals surface area contributed by atoms with Gasteiger partial charge >= 0.3 is 0 Å². The Bertz CT molecular complexity index is 944. The molecule has 1 fully saturated rings. The molecule has 1 amide bonds. The fourth-order valence-electron chi connectivity index (χ4n) is 3.51. The highest BCUT2D eigenvalue weighted by Gasteiger charge is 2.28. The molecule has 0 saturated carbocycles. The van der Waals surface area contributed by atoms with Gasteiger partial charge < -0.3 is 9.80 Å². The summed E-state index contributed by atoms with van der Waals surface area (Å²) in [4.78, 5) is 16.9. The Morgan fingerprint density at radius 2 is 1.86 bits per heavy atom. The van der Waals surface area contributed by atoms with E-state index in [4.69, 9.17) is 11.6 Å². The minimum atomic E-state index is -3.50. The van der Waals surface area contributed by atoms with Gasteiger partial charge in [-0.05, 0) is 55.8 Å². The Balaban J connectivity index is 1.58. The largest absolute Gasteiger partial charge is 0.365 e. The molecule has 1 atom stereocenters. The van der Waals surface area contributed by atoms with Crippen LogP contribution in [0.2, 0.25) is 5.02 Å². The standard InChI is InChI=1S/C21H25ClN2O3S/c1-16-4-3-5-19(14-16)24-12-11-23(15-17(24)2)21(25)10-13-28(26,27)20-8-6-18(22)7-9-20/h3-9,14,17H,10-13,15H2,1-2H3. The highest BCUT2D eigenvalue weighted by Crippen LogP contribution is 2.22. The van der Waals surface area contributed by atoms with Crippen molar-refractivity contribution < 1.29 is 13.2 Å². The highest BCUT2D eigenvalue weighted by atomic mass is 35.5. The number of carbonyl (C=O) groups is 1. The zero-order chi connectivity index (χ0) is 20.3. The van der Waals surface area contributed by atoms with Crippen molar-refractivity contribution in [2.45, 2.75) is 31.2 Å². The number of halogens is 1. The third-order valence-corrected chi connectivity index (χ3v) is 7.05. The highest BCUT2D eigenvalue weighted by molar-refractivity contribution is 7.91. The van der Waals surface area contributed by atoms with Gasteiger partial charge in [0, 0.05) is 42.8 Å². The van der Waals surface area contributed by atoms with Crippen molar-refractivity contribution in [1.82, 2.24) is 4.90 Å². The Labute approximate surface area is 171 Å². The number of hydrogen-bond acceptors (Lipinski definition) is 4. The lowest BCUT2D eigenvalue weighted by atomic mass is 10.1. The number of nitrogens with zero attached hydrogens (tertiary/aromatic N) is 2. The number of rotatable bonds is 5. The zero-order valence-corrected chi connectivity index (χ0v) is 17.7. The average Bonchev–Trinajstić information content (AvgIpc) is 2.66. The van der Waals surface area contributed by atoms with Crippen molar-refractivity contribution in [3.63, 3.8) is 0 Å². The van der Waals surface area contributed by atoms with Crippen LogP contribution in [0.4, 0.5) is 5.69 Å². The van der Waals surface area contributed by atoms with Crippen molar-refractivity contribution >= 4 is 33.0 Å². The molecule has 1 unspecified atom stereocenters. The molecule has 1 aliphatic rings. The topological polar surface area (TPSA) is 57.7 Å². The van der Waals surface area contributed by atoms with Gasteiger partial charge in [-0.1, -0.05) is 23.7 Å². The van der Waals surface area contributed by atoms with Gasteiger partial charge in [0.15, 0.2) is 9.84 Å². The summed E-state index contributed by atoms with van der Waals surface area (Å²) < 4.78 is 24.9. The van der Waals surface area contributed by atoms with Gasteiger partial charge in [0.25, 0.3) is 0 Å². The maximum Gasteiger partial charge on any atom is 0.223 e. The monoisotopic (exact) mass is 420 g/mol. The number of hydrogen-bond donors (Lipinski definition) is 0. The summed E-state index contributed by atoms with van der Waals surface area (Å²) in [5.41, 5.74) is 2.36. The Morgan fingerprint density at radius 1 is 1.14 bits per heavy atom. The van der Waals surface area contributed by atoms with Crippen molar-refractivity contribution in [1.29, 1.82) is 0 Å². The molecule has 0 aliphatic carbocycles. The van der Waals surface area contributed by atoms with Gasteiger partial charge in [-0.3, -0.25) is 4.79 Å². The van der Waals surface area contributed by atoms with E-state index in [1.807, 2.05) is 6.07 Å². The van der Waals surface area contributed by atoms with Crippen LogP contribution >= 0.6 is 11.6 Å². The van der Waals surface area contributed by atoms with Crippen LogP contribution in [0.1, 0.15) is 18.9 Å². The number of piperazine rings is 1. The number of aryl methyl sites for hydroxylation is 1. The SMILES string of the molecule is Cc1cccc(N2CCN(C(=O)CCS(=O)(=O)c3ccc(Cl)cc3)CC2C)c1. The number of benzene rings is 2. The first-order valence-electron chi connectivity index (χ1n) is 9.36. The summed E-state index contributed by atoms with van der Waals surface area (Å²) in [5.74, 6) is -0.312. The third-order valence-electron chi connectivity index (χ3n) is 5.07. The van der Waals surface area contributed by atoms with Crippen LogP contribution in [0.3, 0.4) is 0 Å². The van der Waals surface area contributed by atoms with E-state index < -0.39 is 9.84 Å². The van der Waals surface area contributed by atoms with Crippen molar-refractivity contribution in [3.8, 4) is 0 Å². The number of carbonyl (C=O) groups excluding carboxylic acids is 1. The summed E-state index contributed by atoms with van der Waals surface area (Å²) in [7, 11) is -3.50. The number of sulfone groups is 1. The quantitative estimate of drug-likeness (QED) is 0.742. The molecule has 0 radical (unpaired) electrons. The lowest BCUT2D eigenvalue weighted by Gasteiger charge is -2.41. The van der Waals surface area contributed by atoms with E-state index in [-0.39, 0.29) is 29.0 Å². The van der Waals surface area contributed by atoms with E-state index in [1.54, 1.807) is 17.0 Å². The first-order valence-corrected chi connectivity index (χ1v) is 11.4. The Hall–Kier alpha value is -2.05. The van der Waals surface area contributed by atoms with Crippen LogP contribution in [-0.4, -0.2) is 50.7 Å². The molecule has 2 aromatic rings. The van der Waals surface area contributed by atoms with E-state index in [0.717, 1.165) is 12.2 Å². The van der Waals surface area contributed by atoms with Gasteiger partial charge in [-0.15, -0.1) is 0 Å². The lowest BCUT2D eigenvalue weighted by Crippen LogP contribution is -2.54. The van der Waals surface area contributed by atoms with Gasteiger partial charge in [0.1, 0.15) is 0 Å². The van der Waals surface area contributed by atoms with E-state index in [1.165, 1.54) is 17.7 Å². The fourth-order valence-corrected chi connectivity index (χ4v) is 4.87. The lowest BCUT2D eigenvalue weighted by molar-refractivity contribution is -0.131. The predicted octanol–water partition coefficient (Wildman–Crippen LogP) is 3.55. The normalized spacial score (nSPS) is 17.6. The summed E-state index contributed by atoms with van der Waals surface area (Å²) in [5, 5.41) is 0.482. The summed E-state index contributed by atoms with van der Waals surface area (Å²) in [6.07, 6.45) is -0.0118. The van der Waals surface area contributed by atoms with Gasteiger partial charge in [-0.25, -0.2) is 8.42 Å². The molecule has 1 heterocycles. The molecule has 5 nitrogen and oxygen atoms in total. The molecule has 2 aromatic carbocycles. The van der Waals surface area contributed by atoms with Crippen LogP contribution < -0.4 is 4.90 Å². The summed E-state index contributed by atoms with van der Waals surface area (Å²) >= 11 is 5.81. The zero-order valence-electron chi connectivity index (χ0n) is 16.1. The van der Waals surface area contributed by atoms with Crippen LogP contribution in [0, 0.1) is 6.92 Å². The van der Waals surface area contributed by atoms with Crippen LogP contribution in [0.5, 0.6) is 0 Å². The van der Waals surface area contributed by atoms with E-state index in [0.29, 0.717) is 18.1 Å². The molecule has 1 aliphatic heterocycles. The van der Waals surface area contributed by atoms with Crippen LogP contribution in [0.15, 0.2) is 53.4 Å². The summed E-state index contributed by atoms with van der Waals surface area (Å²) in [6, 6.07) is 14.5. The molecule has 28 heavy (non-hydrogen) atoms. The maximum atomic E-state index is 12.6. The predicted molar refractivity (Wildman–Crippen MR) is 113 cm³/mol. The second kappa shape index (κ2) is 8.53. The second-order valence-corrected chi connectivity index (χ2v) is 9.79. The van der Waals surface area contributed by atoms with Crippen LogP contribution in [-0.2, 0) is 14.6 Å². The molecule has 3 rings (SSSR count). The maximum absolute atomic E-state index is 12.6. The van der Waals surface area contributed by atoms with Crippen LogP contribution in [0.25, 0.3) is 0 Å². The molecule has 0 N–H and O–H groups in total. The first-order chi connectivity index (χ1) is 13.3.